The van der Waals surface area contributed by atoms with E-state index in [1.165, 1.54) is 14.2 Å². The summed E-state index contributed by atoms with van der Waals surface area (Å²) in [7, 11) is 4.23. The van der Waals surface area contributed by atoms with Crippen LogP contribution in [0.25, 0.3) is 11.1 Å². The van der Waals surface area contributed by atoms with Crippen molar-refractivity contribution < 1.29 is 28.5 Å². The van der Waals surface area contributed by atoms with Gasteiger partial charge in [0, 0.05) is 0 Å². The highest BCUT2D eigenvalue weighted by molar-refractivity contribution is 6.25. The molecule has 0 saturated carbocycles. The number of methoxy groups -OCH3 is 3. The Hall–Kier alpha value is -3.54. The summed E-state index contributed by atoms with van der Waals surface area (Å²) in [6.45, 7) is 0. The largest absolute Gasteiger partial charge is 0.497 e. The first-order chi connectivity index (χ1) is 13.1. The Labute approximate surface area is 156 Å². The summed E-state index contributed by atoms with van der Waals surface area (Å²) < 4.78 is 20.9. The molecular formula is C21H18O6. The van der Waals surface area contributed by atoms with Crippen LogP contribution in [0.2, 0.25) is 0 Å². The van der Waals surface area contributed by atoms with Gasteiger partial charge in [0.25, 0.3) is 0 Å². The van der Waals surface area contributed by atoms with E-state index < -0.39 is 11.9 Å². The van der Waals surface area contributed by atoms with Gasteiger partial charge in [0.2, 0.25) is 0 Å². The second-order valence-corrected chi connectivity index (χ2v) is 5.59. The molecule has 0 aliphatic carbocycles. The fraction of sp³-hybridized carbons (Fsp3) is 0.143. The average Bonchev–Trinajstić information content (AvgIpc) is 3.04. The second-order valence-electron chi connectivity index (χ2n) is 5.59. The van der Waals surface area contributed by atoms with Crippen LogP contribution in [0.4, 0.5) is 0 Å². The van der Waals surface area contributed by atoms with E-state index in [2.05, 4.69) is 0 Å². The molecule has 6 heteroatoms. The van der Waals surface area contributed by atoms with Crippen LogP contribution < -0.4 is 4.74 Å². The highest BCUT2D eigenvalue weighted by Gasteiger charge is 2.37. The van der Waals surface area contributed by atoms with E-state index in [0.29, 0.717) is 16.9 Å². The zero-order chi connectivity index (χ0) is 19.4. The lowest BCUT2D eigenvalue weighted by Gasteiger charge is -2.11. The van der Waals surface area contributed by atoms with E-state index in [9.17, 15) is 9.59 Å². The molecule has 0 unspecified atom stereocenters. The van der Waals surface area contributed by atoms with Crippen molar-refractivity contribution in [2.75, 3.05) is 21.3 Å². The quantitative estimate of drug-likeness (QED) is 0.598. The van der Waals surface area contributed by atoms with Crippen molar-refractivity contribution in [1.29, 1.82) is 0 Å². The first-order valence-corrected chi connectivity index (χ1v) is 8.14. The molecule has 1 heterocycles. The number of hydrogen-bond donors (Lipinski definition) is 0. The van der Waals surface area contributed by atoms with Crippen molar-refractivity contribution in [3.8, 4) is 5.75 Å². The second kappa shape index (κ2) is 7.78. The zero-order valence-corrected chi connectivity index (χ0v) is 15.1. The van der Waals surface area contributed by atoms with Crippen molar-refractivity contribution >= 4 is 23.1 Å². The van der Waals surface area contributed by atoms with Crippen LogP contribution in [-0.2, 0) is 23.8 Å². The third-order valence-corrected chi connectivity index (χ3v) is 4.09. The molecule has 2 aromatic rings. The molecule has 0 aromatic heterocycles. The van der Waals surface area contributed by atoms with Crippen molar-refractivity contribution in [1.82, 2.24) is 0 Å². The van der Waals surface area contributed by atoms with Crippen molar-refractivity contribution in [3.63, 3.8) is 0 Å². The number of carbonyl (C=O) groups excluding carboxylic acids is 2. The molecule has 1 aliphatic rings. The molecule has 0 amide bonds. The Morgan fingerprint density at radius 2 is 1.56 bits per heavy atom. The highest BCUT2D eigenvalue weighted by Crippen LogP contribution is 2.38. The average molecular weight is 366 g/mol. The third kappa shape index (κ3) is 3.42. The normalized spacial score (nSPS) is 15.3. The van der Waals surface area contributed by atoms with Gasteiger partial charge in [-0.1, -0.05) is 42.5 Å². The maximum Gasteiger partial charge on any atom is 0.348 e. The minimum atomic E-state index is -0.646. The molecule has 27 heavy (non-hydrogen) atoms. The van der Waals surface area contributed by atoms with Gasteiger partial charge in [-0.15, -0.1) is 0 Å². The maximum atomic E-state index is 12.5. The molecule has 0 radical (unpaired) electrons. The summed E-state index contributed by atoms with van der Waals surface area (Å²) in [6.07, 6.45) is 0. The smallest absolute Gasteiger partial charge is 0.348 e. The highest BCUT2D eigenvalue weighted by atomic mass is 16.6. The number of rotatable bonds is 5. The predicted octanol–water partition coefficient (Wildman–Crippen LogP) is 3.19. The minimum Gasteiger partial charge on any atom is -0.497 e. The Kier molecular flexibility index (Phi) is 5.26. The Morgan fingerprint density at radius 3 is 2.11 bits per heavy atom. The molecule has 6 nitrogen and oxygen atoms in total. The van der Waals surface area contributed by atoms with Gasteiger partial charge in [-0.25, -0.2) is 9.59 Å². The van der Waals surface area contributed by atoms with Crippen LogP contribution in [-0.4, -0.2) is 33.3 Å². The molecule has 0 fully saturated rings. The standard InChI is InChI=1S/C21H18O6/c1-24-15-11-9-14(10-12-15)17(20(22)26-3)19-18(25-2)16(21(23)27-19)13-7-5-4-6-8-13/h4-12H,1-3H3/b19-17+. The molecule has 0 saturated heterocycles. The molecule has 138 valence electrons. The maximum absolute atomic E-state index is 12.5. The van der Waals surface area contributed by atoms with Gasteiger partial charge in [0.1, 0.15) is 16.9 Å². The lowest BCUT2D eigenvalue weighted by Crippen LogP contribution is -2.09. The van der Waals surface area contributed by atoms with E-state index >= 15 is 0 Å². The molecule has 0 atom stereocenters. The van der Waals surface area contributed by atoms with E-state index in [0.717, 1.165) is 0 Å². The van der Waals surface area contributed by atoms with Gasteiger partial charge in [0.05, 0.1) is 21.3 Å². The van der Waals surface area contributed by atoms with Gasteiger partial charge >= 0.3 is 11.9 Å². The Morgan fingerprint density at radius 1 is 0.889 bits per heavy atom. The lowest BCUT2D eigenvalue weighted by atomic mass is 10.0. The SMILES string of the molecule is COC(=O)/C(=C1/OC(=O)C(c2ccccc2)=C1OC)c1ccc(OC)cc1. The van der Waals surface area contributed by atoms with E-state index in [-0.39, 0.29) is 22.7 Å². The summed E-state index contributed by atoms with van der Waals surface area (Å²) in [5.74, 6) is -0.403. The van der Waals surface area contributed by atoms with Crippen molar-refractivity contribution in [2.45, 2.75) is 0 Å². The number of cyclic esters (lactones) is 1. The number of esters is 2. The zero-order valence-electron chi connectivity index (χ0n) is 15.1. The fourth-order valence-corrected chi connectivity index (χ4v) is 2.81. The van der Waals surface area contributed by atoms with Crippen LogP contribution in [0.15, 0.2) is 66.1 Å². The number of benzene rings is 2. The summed E-state index contributed by atoms with van der Waals surface area (Å²) in [6, 6.07) is 15.7. The summed E-state index contributed by atoms with van der Waals surface area (Å²) in [4.78, 5) is 25.0. The Bertz CT molecular complexity index is 923. The number of carbonyl (C=O) groups is 2. The van der Waals surface area contributed by atoms with E-state index in [1.807, 2.05) is 6.07 Å². The fourth-order valence-electron chi connectivity index (χ4n) is 2.81. The van der Waals surface area contributed by atoms with Crippen molar-refractivity contribution in [2.24, 2.45) is 0 Å². The van der Waals surface area contributed by atoms with Crippen molar-refractivity contribution in [3.05, 3.63) is 77.2 Å². The summed E-state index contributed by atoms with van der Waals surface area (Å²) in [5.41, 5.74) is 1.49. The van der Waals surface area contributed by atoms with Gasteiger partial charge in [-0.05, 0) is 23.3 Å². The Balaban J connectivity index is 2.23. The van der Waals surface area contributed by atoms with Gasteiger partial charge in [-0.3, -0.25) is 0 Å². The van der Waals surface area contributed by atoms with Crippen LogP contribution >= 0.6 is 0 Å². The van der Waals surface area contributed by atoms with Gasteiger partial charge in [-0.2, -0.15) is 0 Å². The number of ether oxygens (including phenoxy) is 4. The van der Waals surface area contributed by atoms with E-state index in [1.54, 1.807) is 55.6 Å². The van der Waals surface area contributed by atoms with Crippen LogP contribution in [0.3, 0.4) is 0 Å². The molecule has 0 N–H and O–H groups in total. The third-order valence-electron chi connectivity index (χ3n) is 4.09. The summed E-state index contributed by atoms with van der Waals surface area (Å²) in [5, 5.41) is 0. The molecule has 1 aliphatic heterocycles. The van der Waals surface area contributed by atoms with E-state index in [4.69, 9.17) is 18.9 Å². The van der Waals surface area contributed by atoms with Gasteiger partial charge < -0.3 is 18.9 Å². The first-order valence-electron chi connectivity index (χ1n) is 8.14. The molecule has 0 bridgehead atoms. The van der Waals surface area contributed by atoms with Crippen LogP contribution in [0, 0.1) is 0 Å². The molecule has 2 aromatic carbocycles. The topological polar surface area (TPSA) is 71.1 Å². The number of hydrogen-bond acceptors (Lipinski definition) is 6. The van der Waals surface area contributed by atoms with Gasteiger partial charge in [0.15, 0.2) is 11.5 Å². The predicted molar refractivity (Wildman–Crippen MR) is 98.4 cm³/mol. The summed E-state index contributed by atoms with van der Waals surface area (Å²) >= 11 is 0. The molecule has 0 spiro atoms. The minimum absolute atomic E-state index is 0.0263. The van der Waals surface area contributed by atoms with Crippen LogP contribution in [0.5, 0.6) is 5.75 Å². The monoisotopic (exact) mass is 366 g/mol. The molecular weight excluding hydrogens is 348 g/mol. The molecule has 3 rings (SSSR count). The lowest BCUT2D eigenvalue weighted by molar-refractivity contribution is -0.134. The van der Waals surface area contributed by atoms with Crippen LogP contribution in [0.1, 0.15) is 11.1 Å². The first kappa shape index (κ1) is 18.3.